The van der Waals surface area contributed by atoms with Crippen molar-refractivity contribution in [3.63, 3.8) is 0 Å². The molecule has 0 bridgehead atoms. The van der Waals surface area contributed by atoms with Gasteiger partial charge >= 0.3 is 0 Å². The molecular formula is C30H40ClN3O3. The first kappa shape index (κ1) is 27.6. The van der Waals surface area contributed by atoms with Crippen LogP contribution in [0, 0.1) is 0 Å². The Labute approximate surface area is 226 Å². The van der Waals surface area contributed by atoms with E-state index in [1.165, 1.54) is 19.3 Å². The maximum absolute atomic E-state index is 13.1. The lowest BCUT2D eigenvalue weighted by atomic mass is 10.0. The molecule has 1 saturated heterocycles. The van der Waals surface area contributed by atoms with Crippen LogP contribution in [0.4, 0.5) is 5.69 Å². The Morgan fingerprint density at radius 2 is 1.73 bits per heavy atom. The summed E-state index contributed by atoms with van der Waals surface area (Å²) in [5.41, 5.74) is 3.62. The van der Waals surface area contributed by atoms with Crippen LogP contribution >= 0.6 is 11.6 Å². The number of carbonyl (C=O) groups excluding carboxylic acids is 2. The normalized spacial score (nSPS) is 18.4. The van der Waals surface area contributed by atoms with Crippen LogP contribution in [0.15, 0.2) is 42.5 Å². The first-order valence-electron chi connectivity index (χ1n) is 13.8. The molecule has 0 aromatic heterocycles. The van der Waals surface area contributed by atoms with E-state index in [1.54, 1.807) is 6.92 Å². The van der Waals surface area contributed by atoms with Gasteiger partial charge in [-0.1, -0.05) is 49.1 Å². The third-order valence-electron chi connectivity index (χ3n) is 7.56. The van der Waals surface area contributed by atoms with Crippen molar-refractivity contribution in [1.82, 2.24) is 10.2 Å². The fraction of sp³-hybridized carbons (Fsp3) is 0.533. The molecule has 200 valence electrons. The minimum atomic E-state index is -0.104. The van der Waals surface area contributed by atoms with Gasteiger partial charge < -0.3 is 15.0 Å². The Morgan fingerprint density at radius 3 is 2.49 bits per heavy atom. The number of halogens is 1. The molecule has 1 fully saturated rings. The first-order valence-corrected chi connectivity index (χ1v) is 14.1. The highest BCUT2D eigenvalue weighted by Crippen LogP contribution is 2.28. The molecule has 7 heteroatoms. The van der Waals surface area contributed by atoms with E-state index < -0.39 is 0 Å². The zero-order chi connectivity index (χ0) is 26.0. The fourth-order valence-corrected chi connectivity index (χ4v) is 5.68. The lowest BCUT2D eigenvalue weighted by molar-refractivity contribution is -0.116. The maximum atomic E-state index is 13.1. The van der Waals surface area contributed by atoms with Gasteiger partial charge in [-0.2, -0.15) is 0 Å². The van der Waals surface area contributed by atoms with Crippen molar-refractivity contribution in [2.75, 3.05) is 37.7 Å². The Morgan fingerprint density at radius 1 is 1.00 bits per heavy atom. The number of fused-ring (bicyclic) bond motifs is 1. The Balaban J connectivity index is 1.56. The van der Waals surface area contributed by atoms with Gasteiger partial charge in [0.2, 0.25) is 5.91 Å². The second kappa shape index (κ2) is 13.9. The van der Waals surface area contributed by atoms with E-state index in [0.717, 1.165) is 68.8 Å². The smallest absolute Gasteiger partial charge is 0.251 e. The number of hydrogen-bond acceptors (Lipinski definition) is 4. The summed E-state index contributed by atoms with van der Waals surface area (Å²) in [6.07, 6.45) is 8.42. The summed E-state index contributed by atoms with van der Waals surface area (Å²) in [7, 11) is 0. The monoisotopic (exact) mass is 525 g/mol. The predicted molar refractivity (Wildman–Crippen MR) is 149 cm³/mol. The van der Waals surface area contributed by atoms with E-state index in [0.29, 0.717) is 36.1 Å². The molecule has 2 aliphatic rings. The average Bonchev–Trinajstić information content (AvgIpc) is 2.90. The van der Waals surface area contributed by atoms with Crippen molar-refractivity contribution >= 4 is 29.1 Å². The van der Waals surface area contributed by atoms with Gasteiger partial charge in [-0.3, -0.25) is 14.5 Å². The topological polar surface area (TPSA) is 61.9 Å². The number of benzene rings is 2. The van der Waals surface area contributed by atoms with E-state index in [1.807, 2.05) is 47.4 Å². The van der Waals surface area contributed by atoms with E-state index in [9.17, 15) is 9.59 Å². The van der Waals surface area contributed by atoms with Gasteiger partial charge in [-0.15, -0.1) is 0 Å². The highest BCUT2D eigenvalue weighted by Gasteiger charge is 2.25. The molecule has 2 aromatic rings. The van der Waals surface area contributed by atoms with Crippen LogP contribution in [-0.4, -0.2) is 55.6 Å². The van der Waals surface area contributed by atoms with Gasteiger partial charge in [0.15, 0.2) is 0 Å². The van der Waals surface area contributed by atoms with Gasteiger partial charge in [0, 0.05) is 62.1 Å². The Hall–Kier alpha value is -2.41. The lowest BCUT2D eigenvalue weighted by Crippen LogP contribution is -2.40. The zero-order valence-electron chi connectivity index (χ0n) is 22.0. The molecule has 37 heavy (non-hydrogen) atoms. The number of nitrogens with one attached hydrogen (secondary N) is 1. The minimum absolute atomic E-state index is 0.0490. The van der Waals surface area contributed by atoms with E-state index in [2.05, 4.69) is 10.2 Å². The number of ether oxygens (including phenoxy) is 1. The summed E-state index contributed by atoms with van der Waals surface area (Å²) in [4.78, 5) is 30.3. The second-order valence-electron chi connectivity index (χ2n) is 10.2. The fourth-order valence-electron chi connectivity index (χ4n) is 5.45. The Kier molecular flexibility index (Phi) is 10.4. The molecule has 0 atom stereocenters. The lowest BCUT2D eigenvalue weighted by Gasteiger charge is -2.36. The molecule has 4 rings (SSSR count). The molecule has 0 unspecified atom stereocenters. The molecule has 2 heterocycles. The summed E-state index contributed by atoms with van der Waals surface area (Å²) in [6, 6.07) is 14.0. The molecule has 0 aliphatic carbocycles. The predicted octanol–water partition coefficient (Wildman–Crippen LogP) is 5.61. The average molecular weight is 526 g/mol. The molecule has 0 spiro atoms. The molecule has 2 aliphatic heterocycles. The number of hydrogen-bond donors (Lipinski definition) is 1. The molecule has 1 N–H and O–H groups in total. The SMILES string of the molecule is CC(=O)N1CCCCCCCN(C2CCOCC2)Cc2cc(C(=O)NCCc3ccccc3Cl)ccc21. The Bertz CT molecular complexity index is 1050. The third-order valence-corrected chi connectivity index (χ3v) is 7.93. The molecule has 2 amide bonds. The van der Waals surface area contributed by atoms with Gasteiger partial charge in [0.05, 0.1) is 0 Å². The highest BCUT2D eigenvalue weighted by molar-refractivity contribution is 6.31. The molecule has 0 radical (unpaired) electrons. The summed E-state index contributed by atoms with van der Waals surface area (Å²) in [5.74, 6) is -0.0548. The van der Waals surface area contributed by atoms with Crippen molar-refractivity contribution in [2.24, 2.45) is 0 Å². The number of amides is 2. The quantitative estimate of drug-likeness (QED) is 0.551. The maximum Gasteiger partial charge on any atom is 0.251 e. The largest absolute Gasteiger partial charge is 0.381 e. The van der Waals surface area contributed by atoms with Crippen LogP contribution < -0.4 is 10.2 Å². The summed E-state index contributed by atoms with van der Waals surface area (Å²) in [5, 5.41) is 3.77. The van der Waals surface area contributed by atoms with Crippen molar-refractivity contribution in [1.29, 1.82) is 0 Å². The summed E-state index contributed by atoms with van der Waals surface area (Å²) < 4.78 is 5.63. The summed E-state index contributed by atoms with van der Waals surface area (Å²) >= 11 is 6.27. The highest BCUT2D eigenvalue weighted by atomic mass is 35.5. The molecule has 2 aromatic carbocycles. The van der Waals surface area contributed by atoms with Gasteiger partial charge in [0.25, 0.3) is 5.91 Å². The van der Waals surface area contributed by atoms with Crippen molar-refractivity contribution in [3.8, 4) is 0 Å². The molecular weight excluding hydrogens is 486 g/mol. The van der Waals surface area contributed by atoms with Gasteiger partial charge in [-0.25, -0.2) is 0 Å². The number of carbonyl (C=O) groups is 2. The minimum Gasteiger partial charge on any atom is -0.381 e. The van der Waals surface area contributed by atoms with Crippen LogP contribution in [0.3, 0.4) is 0 Å². The number of rotatable bonds is 5. The summed E-state index contributed by atoms with van der Waals surface area (Å²) in [6.45, 7) is 6.20. The van der Waals surface area contributed by atoms with E-state index in [4.69, 9.17) is 16.3 Å². The number of anilines is 1. The van der Waals surface area contributed by atoms with Gasteiger partial charge in [-0.05, 0) is 74.0 Å². The zero-order valence-corrected chi connectivity index (χ0v) is 22.8. The van der Waals surface area contributed by atoms with Crippen LogP contribution in [0.2, 0.25) is 5.02 Å². The number of nitrogens with zero attached hydrogens (tertiary/aromatic N) is 2. The molecule has 0 saturated carbocycles. The van der Waals surface area contributed by atoms with Crippen LogP contribution in [0.5, 0.6) is 0 Å². The van der Waals surface area contributed by atoms with E-state index >= 15 is 0 Å². The van der Waals surface area contributed by atoms with Crippen molar-refractivity contribution in [3.05, 3.63) is 64.2 Å². The second-order valence-corrected chi connectivity index (χ2v) is 10.6. The van der Waals surface area contributed by atoms with Crippen LogP contribution in [0.1, 0.15) is 73.4 Å². The molecule has 6 nitrogen and oxygen atoms in total. The van der Waals surface area contributed by atoms with Crippen LogP contribution in [0.25, 0.3) is 0 Å². The standard InChI is InChI=1S/C30H40ClN3O3/c1-23(35)34-18-8-4-2-3-7-17-33(27-14-19-37-20-15-27)22-26-21-25(11-12-29(26)34)30(36)32-16-13-24-9-5-6-10-28(24)31/h5-6,9-12,21,27H,2-4,7-8,13-20,22H2,1H3,(H,32,36). The van der Waals surface area contributed by atoms with E-state index in [-0.39, 0.29) is 11.8 Å². The van der Waals surface area contributed by atoms with Gasteiger partial charge in [0.1, 0.15) is 0 Å². The van der Waals surface area contributed by atoms with Crippen LogP contribution in [-0.2, 0) is 22.5 Å². The third kappa shape index (κ3) is 7.79. The first-order chi connectivity index (χ1) is 18.0. The van der Waals surface area contributed by atoms with Crippen molar-refractivity contribution in [2.45, 2.75) is 70.9 Å². The van der Waals surface area contributed by atoms with Crippen molar-refractivity contribution < 1.29 is 14.3 Å².